The lowest BCUT2D eigenvalue weighted by molar-refractivity contribution is 0.580. The molecule has 3 N–H and O–H groups in total. The summed E-state index contributed by atoms with van der Waals surface area (Å²) >= 11 is 5.72. The van der Waals surface area contributed by atoms with Crippen molar-refractivity contribution in [3.05, 3.63) is 18.2 Å². The van der Waals surface area contributed by atoms with E-state index >= 15 is 0 Å². The lowest BCUT2D eigenvalue weighted by Gasteiger charge is -2.06. The highest BCUT2D eigenvalue weighted by atomic mass is 32.2. The van der Waals surface area contributed by atoms with E-state index in [4.69, 9.17) is 18.0 Å². The molecule has 6 nitrogen and oxygen atoms in total. The third kappa shape index (κ3) is 3.44. The molecule has 0 bridgehead atoms. The summed E-state index contributed by atoms with van der Waals surface area (Å²) in [6.07, 6.45) is 1.08. The minimum Gasteiger partial charge on any atom is -0.393 e. The maximum Gasteiger partial charge on any atom is 0.242 e. The SMILES string of the molecule is NC(=S)CCCNS(=O)(=O)c1cccc2nsnc12. The smallest absolute Gasteiger partial charge is 0.242 e. The van der Waals surface area contributed by atoms with E-state index in [2.05, 4.69) is 13.5 Å². The van der Waals surface area contributed by atoms with Crippen LogP contribution >= 0.6 is 23.9 Å². The molecule has 1 aromatic heterocycles. The number of benzene rings is 1. The van der Waals surface area contributed by atoms with Gasteiger partial charge in [0, 0.05) is 6.54 Å². The Hall–Kier alpha value is -1.16. The van der Waals surface area contributed by atoms with Gasteiger partial charge in [-0.3, -0.25) is 0 Å². The van der Waals surface area contributed by atoms with Gasteiger partial charge in [-0.1, -0.05) is 18.3 Å². The topological polar surface area (TPSA) is 98.0 Å². The van der Waals surface area contributed by atoms with Gasteiger partial charge < -0.3 is 5.73 Å². The highest BCUT2D eigenvalue weighted by molar-refractivity contribution is 7.89. The zero-order valence-electron chi connectivity index (χ0n) is 9.87. The van der Waals surface area contributed by atoms with E-state index in [-0.39, 0.29) is 11.4 Å². The molecule has 0 fully saturated rings. The first-order valence-corrected chi connectivity index (χ1v) is 8.12. The third-order valence-corrected chi connectivity index (χ3v) is 4.67. The van der Waals surface area contributed by atoms with Gasteiger partial charge in [0.1, 0.15) is 15.9 Å². The summed E-state index contributed by atoms with van der Waals surface area (Å²) < 4.78 is 34.8. The van der Waals surface area contributed by atoms with Gasteiger partial charge in [-0.05, 0) is 25.0 Å². The summed E-state index contributed by atoms with van der Waals surface area (Å²) in [5.74, 6) is 0. The van der Waals surface area contributed by atoms with Crippen LogP contribution in [-0.2, 0) is 10.0 Å². The molecule has 0 radical (unpaired) electrons. The van der Waals surface area contributed by atoms with Gasteiger partial charge in [-0.2, -0.15) is 8.75 Å². The number of nitrogens with two attached hydrogens (primary N) is 1. The number of aromatic nitrogens is 2. The molecule has 0 saturated heterocycles. The first-order chi connectivity index (χ1) is 9.00. The second-order valence-electron chi connectivity index (χ2n) is 3.86. The molecule has 9 heteroatoms. The molecule has 102 valence electrons. The molecule has 2 rings (SSSR count). The Bertz CT molecular complexity index is 696. The molecule has 0 saturated carbocycles. The number of rotatable bonds is 6. The lowest BCUT2D eigenvalue weighted by atomic mass is 10.3. The number of nitrogens with zero attached hydrogens (tertiary/aromatic N) is 2. The molecule has 1 aromatic carbocycles. The van der Waals surface area contributed by atoms with E-state index in [9.17, 15) is 8.42 Å². The maximum absolute atomic E-state index is 12.2. The largest absolute Gasteiger partial charge is 0.393 e. The van der Waals surface area contributed by atoms with Gasteiger partial charge in [0.25, 0.3) is 0 Å². The molecule has 1 heterocycles. The van der Waals surface area contributed by atoms with Crippen molar-refractivity contribution in [2.75, 3.05) is 6.54 Å². The first-order valence-electron chi connectivity index (χ1n) is 5.50. The summed E-state index contributed by atoms with van der Waals surface area (Å²) in [5.41, 5.74) is 6.33. The van der Waals surface area contributed by atoms with Crippen LogP contribution in [0.4, 0.5) is 0 Å². The summed E-state index contributed by atoms with van der Waals surface area (Å²) in [6, 6.07) is 4.89. The van der Waals surface area contributed by atoms with Crippen molar-refractivity contribution >= 4 is 50.0 Å². The molecular weight excluding hydrogens is 304 g/mol. The van der Waals surface area contributed by atoms with Gasteiger partial charge in [-0.25, -0.2) is 13.1 Å². The number of fused-ring (bicyclic) bond motifs is 1. The molecule has 0 aliphatic carbocycles. The normalized spacial score (nSPS) is 11.8. The molecule has 0 aliphatic rings. The summed E-state index contributed by atoms with van der Waals surface area (Å²) in [4.78, 5) is 0.527. The molecule has 0 aliphatic heterocycles. The van der Waals surface area contributed by atoms with Crippen molar-refractivity contribution in [3.8, 4) is 0 Å². The van der Waals surface area contributed by atoms with E-state index in [1.54, 1.807) is 12.1 Å². The summed E-state index contributed by atoms with van der Waals surface area (Å²) in [7, 11) is -3.58. The van der Waals surface area contributed by atoms with Gasteiger partial charge in [0.2, 0.25) is 10.0 Å². The van der Waals surface area contributed by atoms with E-state index in [0.29, 0.717) is 28.9 Å². The maximum atomic E-state index is 12.2. The Labute approximate surface area is 120 Å². The molecular formula is C10H12N4O2S3. The van der Waals surface area contributed by atoms with Crippen LogP contribution in [-0.4, -0.2) is 28.7 Å². The number of hydrogen-bond donors (Lipinski definition) is 2. The minimum absolute atomic E-state index is 0.147. The van der Waals surface area contributed by atoms with Crippen LogP contribution in [0, 0.1) is 0 Å². The van der Waals surface area contributed by atoms with Crippen LogP contribution in [0.3, 0.4) is 0 Å². The number of thiocarbonyl (C=S) groups is 1. The zero-order valence-corrected chi connectivity index (χ0v) is 12.3. The van der Waals surface area contributed by atoms with Crippen molar-refractivity contribution in [1.82, 2.24) is 13.5 Å². The molecule has 0 unspecified atom stereocenters. The van der Waals surface area contributed by atoms with Crippen LogP contribution in [0.25, 0.3) is 11.0 Å². The Morgan fingerprint density at radius 1 is 1.42 bits per heavy atom. The van der Waals surface area contributed by atoms with Crippen molar-refractivity contribution < 1.29 is 8.42 Å². The average Bonchev–Trinajstić information content (AvgIpc) is 2.82. The molecule has 19 heavy (non-hydrogen) atoms. The number of hydrogen-bond acceptors (Lipinski definition) is 6. The van der Waals surface area contributed by atoms with Crippen molar-refractivity contribution in [2.45, 2.75) is 17.7 Å². The van der Waals surface area contributed by atoms with E-state index < -0.39 is 10.0 Å². The molecule has 0 spiro atoms. The zero-order chi connectivity index (χ0) is 13.9. The van der Waals surface area contributed by atoms with Crippen LogP contribution in [0.2, 0.25) is 0 Å². The fraction of sp³-hybridized carbons (Fsp3) is 0.300. The average molecular weight is 316 g/mol. The number of sulfonamides is 1. The van der Waals surface area contributed by atoms with Crippen LogP contribution in [0.1, 0.15) is 12.8 Å². The van der Waals surface area contributed by atoms with Crippen molar-refractivity contribution in [2.24, 2.45) is 5.73 Å². The summed E-state index contributed by atoms with van der Waals surface area (Å²) in [5, 5.41) is 0. The van der Waals surface area contributed by atoms with Crippen molar-refractivity contribution in [1.29, 1.82) is 0 Å². The fourth-order valence-electron chi connectivity index (χ4n) is 1.55. The highest BCUT2D eigenvalue weighted by Gasteiger charge is 2.18. The second kappa shape index (κ2) is 5.87. The highest BCUT2D eigenvalue weighted by Crippen LogP contribution is 2.20. The van der Waals surface area contributed by atoms with E-state index in [1.807, 2.05) is 0 Å². The quantitative estimate of drug-likeness (QED) is 0.610. The Morgan fingerprint density at radius 3 is 2.95 bits per heavy atom. The second-order valence-corrected chi connectivity index (χ2v) is 6.64. The van der Waals surface area contributed by atoms with Gasteiger partial charge in [0.15, 0.2) is 0 Å². The van der Waals surface area contributed by atoms with E-state index in [0.717, 1.165) is 11.7 Å². The Balaban J connectivity index is 2.15. The lowest BCUT2D eigenvalue weighted by Crippen LogP contribution is -2.25. The molecule has 0 amide bonds. The fourth-order valence-corrected chi connectivity index (χ4v) is 3.53. The molecule has 2 aromatic rings. The van der Waals surface area contributed by atoms with Gasteiger partial charge in [-0.15, -0.1) is 0 Å². The monoisotopic (exact) mass is 316 g/mol. The van der Waals surface area contributed by atoms with Crippen molar-refractivity contribution in [3.63, 3.8) is 0 Å². The van der Waals surface area contributed by atoms with E-state index in [1.165, 1.54) is 6.07 Å². The predicted molar refractivity (Wildman–Crippen MR) is 78.6 cm³/mol. The third-order valence-electron chi connectivity index (χ3n) is 2.43. The molecule has 0 atom stereocenters. The first kappa shape index (κ1) is 14.3. The van der Waals surface area contributed by atoms with Crippen LogP contribution < -0.4 is 10.5 Å². The van der Waals surface area contributed by atoms with Gasteiger partial charge >= 0.3 is 0 Å². The Kier molecular flexibility index (Phi) is 4.40. The minimum atomic E-state index is -3.58. The van der Waals surface area contributed by atoms with Crippen LogP contribution in [0.5, 0.6) is 0 Å². The standard InChI is InChI=1S/C10H12N4O2S3/c11-9(17)5-2-6-12-19(15,16)8-4-1-3-7-10(8)14-18-13-7/h1,3-4,12H,2,5-6H2,(H2,11,17). The van der Waals surface area contributed by atoms with Gasteiger partial charge in [0.05, 0.1) is 16.7 Å². The number of nitrogens with one attached hydrogen (secondary N) is 1. The van der Waals surface area contributed by atoms with Crippen LogP contribution in [0.15, 0.2) is 23.1 Å². The predicted octanol–water partition coefficient (Wildman–Crippen LogP) is 1.04. The Morgan fingerprint density at radius 2 is 2.21 bits per heavy atom. The summed E-state index contributed by atoms with van der Waals surface area (Å²) in [6.45, 7) is 0.285.